The molecule has 1 aliphatic heterocycles. The summed E-state index contributed by atoms with van der Waals surface area (Å²) >= 11 is 3.42. The second-order valence-corrected chi connectivity index (χ2v) is 9.69. The van der Waals surface area contributed by atoms with Crippen LogP contribution >= 0.6 is 15.9 Å². The first-order valence-corrected chi connectivity index (χ1v) is 11.4. The summed E-state index contributed by atoms with van der Waals surface area (Å²) in [6, 6.07) is 12.4. The quantitative estimate of drug-likeness (QED) is 0.601. The second kappa shape index (κ2) is 7.91. The highest BCUT2D eigenvalue weighted by atomic mass is 79.9. The predicted octanol–water partition coefficient (Wildman–Crippen LogP) is 3.51. The first-order chi connectivity index (χ1) is 13.8. The molecule has 7 nitrogen and oxygen atoms in total. The van der Waals surface area contributed by atoms with Crippen LogP contribution in [0, 0.1) is 6.92 Å². The van der Waals surface area contributed by atoms with Crippen LogP contribution in [-0.2, 0) is 14.8 Å². The van der Waals surface area contributed by atoms with Crippen molar-refractivity contribution in [1.82, 2.24) is 9.29 Å². The second-order valence-electron chi connectivity index (χ2n) is 6.87. The van der Waals surface area contributed by atoms with Gasteiger partial charge in [0.15, 0.2) is 0 Å². The van der Waals surface area contributed by atoms with Gasteiger partial charge >= 0.3 is 0 Å². The molecule has 2 N–H and O–H groups in total. The van der Waals surface area contributed by atoms with Crippen molar-refractivity contribution in [3.05, 3.63) is 58.2 Å². The number of aryl methyl sites for hydroxylation is 1. The third-order valence-corrected chi connectivity index (χ3v) is 7.40. The van der Waals surface area contributed by atoms with Gasteiger partial charge in [-0.3, -0.25) is 4.79 Å². The highest BCUT2D eigenvalue weighted by Gasteiger charge is 2.28. The maximum atomic E-state index is 13.0. The number of carbonyl (C=O) groups is 1. The molecule has 0 spiro atoms. The maximum Gasteiger partial charge on any atom is 0.272 e. The number of hydrogen-bond acceptors (Lipinski definition) is 4. The molecule has 9 heteroatoms. The molecule has 29 heavy (non-hydrogen) atoms. The van der Waals surface area contributed by atoms with Crippen molar-refractivity contribution < 1.29 is 17.9 Å². The molecular weight excluding hydrogens is 458 g/mol. The normalized spacial score (nSPS) is 15.5. The number of nitrogens with zero attached hydrogens (tertiary/aromatic N) is 1. The Kier molecular flexibility index (Phi) is 5.48. The molecule has 0 bridgehead atoms. The zero-order valence-electron chi connectivity index (χ0n) is 15.7. The number of anilines is 1. The first-order valence-electron chi connectivity index (χ1n) is 9.13. The summed E-state index contributed by atoms with van der Waals surface area (Å²) in [4.78, 5) is 16.0. The minimum atomic E-state index is -3.65. The number of morpholine rings is 1. The average molecular weight is 478 g/mol. The Hall–Kier alpha value is -2.20. The van der Waals surface area contributed by atoms with Crippen LogP contribution in [0.2, 0.25) is 0 Å². The van der Waals surface area contributed by atoms with E-state index in [1.807, 2.05) is 18.2 Å². The summed E-state index contributed by atoms with van der Waals surface area (Å²) in [6.45, 7) is 3.15. The molecule has 0 unspecified atom stereocenters. The lowest BCUT2D eigenvalue weighted by Gasteiger charge is -2.26. The van der Waals surface area contributed by atoms with Crippen LogP contribution in [0.25, 0.3) is 10.9 Å². The van der Waals surface area contributed by atoms with Crippen molar-refractivity contribution in [3.63, 3.8) is 0 Å². The summed E-state index contributed by atoms with van der Waals surface area (Å²) in [6.07, 6.45) is 0. The molecule has 0 aliphatic carbocycles. The number of aromatic nitrogens is 1. The standard InChI is InChI=1S/C20H20BrN3O4S/c1-13-2-4-16(12-19(13)29(26,27)24-6-8-28-9-7-24)22-20(25)18-11-14-10-15(21)3-5-17(14)23-18/h2-5,10-12,23H,6-9H2,1H3,(H,22,25). The number of carbonyl (C=O) groups excluding carboxylic acids is 1. The molecule has 2 aromatic carbocycles. The molecule has 1 aliphatic rings. The Morgan fingerprint density at radius 2 is 1.90 bits per heavy atom. The van der Waals surface area contributed by atoms with Gasteiger partial charge in [0, 0.05) is 34.2 Å². The van der Waals surface area contributed by atoms with E-state index in [0.29, 0.717) is 43.2 Å². The Labute approximate surface area is 177 Å². The van der Waals surface area contributed by atoms with Gasteiger partial charge in [-0.25, -0.2) is 8.42 Å². The summed E-state index contributed by atoms with van der Waals surface area (Å²) in [5.74, 6) is -0.337. The smallest absolute Gasteiger partial charge is 0.272 e. The van der Waals surface area contributed by atoms with Crippen LogP contribution in [0.4, 0.5) is 5.69 Å². The third-order valence-electron chi connectivity index (χ3n) is 4.86. The Balaban J connectivity index is 1.60. The van der Waals surface area contributed by atoms with Crippen molar-refractivity contribution >= 4 is 48.5 Å². The topological polar surface area (TPSA) is 91.5 Å². The molecule has 1 saturated heterocycles. The van der Waals surface area contributed by atoms with Crippen LogP contribution < -0.4 is 5.32 Å². The van der Waals surface area contributed by atoms with Gasteiger partial charge in [0.2, 0.25) is 10.0 Å². The van der Waals surface area contributed by atoms with E-state index < -0.39 is 10.0 Å². The number of sulfonamides is 1. The number of aromatic amines is 1. The van der Waals surface area contributed by atoms with E-state index in [0.717, 1.165) is 15.4 Å². The van der Waals surface area contributed by atoms with Gasteiger partial charge in [-0.2, -0.15) is 4.31 Å². The number of H-pyrrole nitrogens is 1. The van der Waals surface area contributed by atoms with E-state index in [9.17, 15) is 13.2 Å². The Morgan fingerprint density at radius 3 is 2.66 bits per heavy atom. The lowest BCUT2D eigenvalue weighted by molar-refractivity contribution is 0.0730. The zero-order chi connectivity index (χ0) is 20.6. The molecule has 4 rings (SSSR count). The van der Waals surface area contributed by atoms with Gasteiger partial charge in [-0.15, -0.1) is 0 Å². The molecule has 2 heterocycles. The Bertz CT molecular complexity index is 1180. The lowest BCUT2D eigenvalue weighted by atomic mass is 10.2. The monoisotopic (exact) mass is 477 g/mol. The van der Waals surface area contributed by atoms with Gasteiger partial charge in [0.25, 0.3) is 5.91 Å². The van der Waals surface area contributed by atoms with E-state index in [1.165, 1.54) is 10.4 Å². The molecule has 3 aromatic rings. The number of ether oxygens (including phenoxy) is 1. The summed E-state index contributed by atoms with van der Waals surface area (Å²) in [7, 11) is -3.65. The molecule has 0 radical (unpaired) electrons. The van der Waals surface area contributed by atoms with Gasteiger partial charge in [-0.1, -0.05) is 22.0 Å². The third kappa shape index (κ3) is 4.09. The van der Waals surface area contributed by atoms with E-state index in [1.54, 1.807) is 25.1 Å². The van der Waals surface area contributed by atoms with Crippen molar-refractivity contribution in [3.8, 4) is 0 Å². The van der Waals surface area contributed by atoms with Gasteiger partial charge in [-0.05, 0) is 48.9 Å². The molecule has 0 saturated carbocycles. The van der Waals surface area contributed by atoms with Gasteiger partial charge < -0.3 is 15.0 Å². The summed E-state index contributed by atoms with van der Waals surface area (Å²) in [5.41, 5.74) is 2.30. The average Bonchev–Trinajstić information content (AvgIpc) is 3.13. The van der Waals surface area contributed by atoms with E-state index in [4.69, 9.17) is 4.74 Å². The fourth-order valence-electron chi connectivity index (χ4n) is 3.31. The molecule has 152 valence electrons. The van der Waals surface area contributed by atoms with Crippen molar-refractivity contribution in [2.75, 3.05) is 31.6 Å². The number of rotatable bonds is 4. The minimum Gasteiger partial charge on any atom is -0.379 e. The fourth-order valence-corrected chi connectivity index (χ4v) is 5.34. The number of nitrogens with one attached hydrogen (secondary N) is 2. The predicted molar refractivity (Wildman–Crippen MR) is 115 cm³/mol. The molecule has 1 aromatic heterocycles. The van der Waals surface area contributed by atoms with Gasteiger partial charge in [0.05, 0.1) is 18.1 Å². The van der Waals surface area contributed by atoms with Crippen LogP contribution in [0.1, 0.15) is 16.1 Å². The summed E-state index contributed by atoms with van der Waals surface area (Å²) < 4.78 is 33.6. The number of amides is 1. The van der Waals surface area contributed by atoms with Crippen LogP contribution in [0.5, 0.6) is 0 Å². The number of benzene rings is 2. The molecule has 1 amide bonds. The van der Waals surface area contributed by atoms with Crippen LogP contribution in [0.15, 0.2) is 51.8 Å². The highest BCUT2D eigenvalue weighted by molar-refractivity contribution is 9.10. The summed E-state index contributed by atoms with van der Waals surface area (Å²) in [5, 5.41) is 3.69. The van der Waals surface area contributed by atoms with Crippen LogP contribution in [0.3, 0.4) is 0 Å². The van der Waals surface area contributed by atoms with Crippen molar-refractivity contribution in [2.24, 2.45) is 0 Å². The molecule has 1 fully saturated rings. The van der Waals surface area contributed by atoms with E-state index >= 15 is 0 Å². The fraction of sp³-hybridized carbons (Fsp3) is 0.250. The van der Waals surface area contributed by atoms with E-state index in [-0.39, 0.29) is 10.8 Å². The Morgan fingerprint density at radius 1 is 1.14 bits per heavy atom. The van der Waals surface area contributed by atoms with Crippen molar-refractivity contribution in [1.29, 1.82) is 0 Å². The lowest BCUT2D eigenvalue weighted by Crippen LogP contribution is -2.40. The zero-order valence-corrected chi connectivity index (χ0v) is 18.1. The number of hydrogen-bond donors (Lipinski definition) is 2. The molecule has 0 atom stereocenters. The van der Waals surface area contributed by atoms with Crippen molar-refractivity contribution in [2.45, 2.75) is 11.8 Å². The van der Waals surface area contributed by atoms with Gasteiger partial charge in [0.1, 0.15) is 5.69 Å². The highest BCUT2D eigenvalue weighted by Crippen LogP contribution is 2.25. The number of fused-ring (bicyclic) bond motifs is 1. The minimum absolute atomic E-state index is 0.192. The first kappa shape index (κ1) is 20.1. The van der Waals surface area contributed by atoms with E-state index in [2.05, 4.69) is 26.2 Å². The molecular formula is C20H20BrN3O4S. The van der Waals surface area contributed by atoms with Crippen LogP contribution in [-0.4, -0.2) is 49.9 Å². The maximum absolute atomic E-state index is 13.0. The largest absolute Gasteiger partial charge is 0.379 e. The number of halogens is 1. The SMILES string of the molecule is Cc1ccc(NC(=O)c2cc3cc(Br)ccc3[nH]2)cc1S(=O)(=O)N1CCOCC1.